The molecule has 8 heteroatoms. The number of benzene rings is 1. The smallest absolute Gasteiger partial charge is 0.292 e. The van der Waals surface area contributed by atoms with Crippen LogP contribution in [0.5, 0.6) is 11.6 Å². The molecule has 3 aromatic rings. The van der Waals surface area contributed by atoms with Crippen molar-refractivity contribution < 1.29 is 13.9 Å². The van der Waals surface area contributed by atoms with E-state index in [2.05, 4.69) is 15.0 Å². The highest BCUT2D eigenvalue weighted by atomic mass is 35.5. The standard InChI is InChI=1S/C20H19ClN4O3/c1-12-19(27-13(2)23-12)20(26)25-9-3-4-17(25)16-10-22-11-18(24-16)28-15-7-5-14(21)6-8-15/h5-8,10-11,17H,3-4,9H2,1-2H3/t17-/m1/s1. The van der Waals surface area contributed by atoms with Crippen molar-refractivity contribution >= 4 is 17.5 Å². The fourth-order valence-corrected chi connectivity index (χ4v) is 3.50. The molecule has 1 aromatic carbocycles. The maximum atomic E-state index is 13.0. The first kappa shape index (κ1) is 18.4. The lowest BCUT2D eigenvalue weighted by Crippen LogP contribution is -2.31. The number of rotatable bonds is 4. The van der Waals surface area contributed by atoms with Gasteiger partial charge in [-0.15, -0.1) is 0 Å². The van der Waals surface area contributed by atoms with Gasteiger partial charge in [0.05, 0.1) is 29.8 Å². The van der Waals surface area contributed by atoms with Crippen LogP contribution in [0.1, 0.15) is 46.7 Å². The average Bonchev–Trinajstić information content (AvgIpc) is 3.30. The number of aromatic nitrogens is 3. The van der Waals surface area contributed by atoms with Gasteiger partial charge >= 0.3 is 0 Å². The van der Waals surface area contributed by atoms with Crippen LogP contribution in [0.15, 0.2) is 41.1 Å². The van der Waals surface area contributed by atoms with Gasteiger partial charge in [-0.25, -0.2) is 9.97 Å². The summed E-state index contributed by atoms with van der Waals surface area (Å²) in [6, 6.07) is 6.83. The van der Waals surface area contributed by atoms with Crippen LogP contribution < -0.4 is 4.74 Å². The first-order valence-corrected chi connectivity index (χ1v) is 9.39. The number of likely N-dealkylation sites (tertiary alicyclic amines) is 1. The van der Waals surface area contributed by atoms with E-state index in [0.717, 1.165) is 12.8 Å². The Morgan fingerprint density at radius 1 is 1.21 bits per heavy atom. The number of halogens is 1. The van der Waals surface area contributed by atoms with E-state index in [0.29, 0.717) is 40.5 Å². The fraction of sp³-hybridized carbons (Fsp3) is 0.300. The second-order valence-electron chi connectivity index (χ2n) is 6.64. The Hall–Kier alpha value is -2.93. The highest BCUT2D eigenvalue weighted by Gasteiger charge is 2.34. The van der Waals surface area contributed by atoms with Crippen molar-refractivity contribution in [2.75, 3.05) is 6.54 Å². The molecule has 1 atom stereocenters. The minimum atomic E-state index is -0.182. The molecule has 0 aliphatic carbocycles. The Morgan fingerprint density at radius 2 is 2.00 bits per heavy atom. The molecule has 1 aliphatic rings. The summed E-state index contributed by atoms with van der Waals surface area (Å²) in [5, 5.41) is 0.630. The zero-order chi connectivity index (χ0) is 19.7. The first-order chi connectivity index (χ1) is 13.5. The summed E-state index contributed by atoms with van der Waals surface area (Å²) in [6.07, 6.45) is 4.90. The largest absolute Gasteiger partial charge is 0.437 e. The van der Waals surface area contributed by atoms with Crippen molar-refractivity contribution in [2.45, 2.75) is 32.7 Å². The van der Waals surface area contributed by atoms with Gasteiger partial charge in [-0.1, -0.05) is 11.6 Å². The minimum Gasteiger partial charge on any atom is -0.437 e. The van der Waals surface area contributed by atoms with E-state index in [1.807, 2.05) is 0 Å². The van der Waals surface area contributed by atoms with E-state index in [1.165, 1.54) is 0 Å². The van der Waals surface area contributed by atoms with Crippen molar-refractivity contribution in [3.05, 3.63) is 64.7 Å². The van der Waals surface area contributed by atoms with Gasteiger partial charge in [-0.3, -0.25) is 9.78 Å². The van der Waals surface area contributed by atoms with Crippen LogP contribution in [0.2, 0.25) is 5.02 Å². The number of carbonyl (C=O) groups excluding carboxylic acids is 1. The van der Waals surface area contributed by atoms with Gasteiger partial charge in [0.1, 0.15) is 5.75 Å². The number of oxazole rings is 1. The quantitative estimate of drug-likeness (QED) is 0.643. The molecule has 0 bridgehead atoms. The van der Waals surface area contributed by atoms with E-state index in [-0.39, 0.29) is 17.7 Å². The van der Waals surface area contributed by atoms with Gasteiger partial charge in [-0.2, -0.15) is 0 Å². The fourth-order valence-electron chi connectivity index (χ4n) is 3.37. The molecule has 1 saturated heterocycles. The normalized spacial score (nSPS) is 16.4. The van der Waals surface area contributed by atoms with Crippen molar-refractivity contribution in [1.29, 1.82) is 0 Å². The molecule has 7 nitrogen and oxygen atoms in total. The average molecular weight is 399 g/mol. The summed E-state index contributed by atoms with van der Waals surface area (Å²) in [4.78, 5) is 27.7. The van der Waals surface area contributed by atoms with Crippen LogP contribution in [0, 0.1) is 13.8 Å². The molecule has 1 amide bonds. The van der Waals surface area contributed by atoms with Crippen LogP contribution >= 0.6 is 11.6 Å². The predicted octanol–water partition coefficient (Wildman–Crippen LogP) is 4.50. The highest BCUT2D eigenvalue weighted by molar-refractivity contribution is 6.30. The minimum absolute atomic E-state index is 0.175. The predicted molar refractivity (Wildman–Crippen MR) is 103 cm³/mol. The molecule has 0 N–H and O–H groups in total. The second-order valence-corrected chi connectivity index (χ2v) is 7.08. The SMILES string of the molecule is Cc1nc(C)c(C(=O)N2CCC[C@@H]2c2cncc(Oc3ccc(Cl)cc3)n2)o1. The Kier molecular flexibility index (Phi) is 5.00. The molecular formula is C20H19ClN4O3. The number of ether oxygens (including phenoxy) is 1. The lowest BCUT2D eigenvalue weighted by atomic mass is 10.1. The maximum Gasteiger partial charge on any atom is 0.292 e. The topological polar surface area (TPSA) is 81.4 Å². The second kappa shape index (κ2) is 7.59. The molecule has 28 heavy (non-hydrogen) atoms. The van der Waals surface area contributed by atoms with Crippen LogP contribution in [0.4, 0.5) is 0 Å². The molecule has 0 spiro atoms. The van der Waals surface area contributed by atoms with Gasteiger partial charge in [0, 0.05) is 18.5 Å². The zero-order valence-electron chi connectivity index (χ0n) is 15.6. The third-order valence-electron chi connectivity index (χ3n) is 4.62. The Labute approximate surface area is 167 Å². The third kappa shape index (κ3) is 3.71. The van der Waals surface area contributed by atoms with E-state index in [4.69, 9.17) is 20.8 Å². The van der Waals surface area contributed by atoms with Gasteiger partial charge < -0.3 is 14.1 Å². The molecule has 0 saturated carbocycles. The van der Waals surface area contributed by atoms with Gasteiger partial charge in [-0.05, 0) is 44.0 Å². The van der Waals surface area contributed by atoms with Crippen LogP contribution in [0.3, 0.4) is 0 Å². The number of carbonyl (C=O) groups is 1. The Morgan fingerprint density at radius 3 is 2.71 bits per heavy atom. The van der Waals surface area contributed by atoms with Crippen LogP contribution in [-0.2, 0) is 0 Å². The summed E-state index contributed by atoms with van der Waals surface area (Å²) in [6.45, 7) is 4.14. The van der Waals surface area contributed by atoms with E-state index >= 15 is 0 Å². The summed E-state index contributed by atoms with van der Waals surface area (Å²) in [5.41, 5.74) is 1.28. The van der Waals surface area contributed by atoms with E-state index < -0.39 is 0 Å². The molecule has 0 unspecified atom stereocenters. The lowest BCUT2D eigenvalue weighted by Gasteiger charge is -2.23. The molecular weight excluding hydrogens is 380 g/mol. The highest BCUT2D eigenvalue weighted by Crippen LogP contribution is 2.33. The Bertz CT molecular complexity index is 1000. The summed E-state index contributed by atoms with van der Waals surface area (Å²) < 4.78 is 11.3. The van der Waals surface area contributed by atoms with Gasteiger partial charge in [0.15, 0.2) is 5.89 Å². The van der Waals surface area contributed by atoms with E-state index in [1.54, 1.807) is 55.4 Å². The molecule has 144 valence electrons. The van der Waals surface area contributed by atoms with Gasteiger partial charge in [0.2, 0.25) is 11.6 Å². The van der Waals surface area contributed by atoms with Crippen LogP contribution in [0.25, 0.3) is 0 Å². The number of nitrogens with zero attached hydrogens (tertiary/aromatic N) is 4. The van der Waals surface area contributed by atoms with E-state index in [9.17, 15) is 4.79 Å². The molecule has 0 radical (unpaired) electrons. The number of hydrogen-bond donors (Lipinski definition) is 0. The van der Waals surface area contributed by atoms with Gasteiger partial charge in [0.25, 0.3) is 5.91 Å². The summed E-state index contributed by atoms with van der Waals surface area (Å²) >= 11 is 5.90. The molecule has 1 aliphatic heterocycles. The number of hydrogen-bond acceptors (Lipinski definition) is 6. The monoisotopic (exact) mass is 398 g/mol. The van der Waals surface area contributed by atoms with Crippen molar-refractivity contribution in [2.24, 2.45) is 0 Å². The number of aryl methyl sites for hydroxylation is 2. The third-order valence-corrected chi connectivity index (χ3v) is 4.87. The van der Waals surface area contributed by atoms with Crippen molar-refractivity contribution in [1.82, 2.24) is 19.9 Å². The Balaban J connectivity index is 1.56. The molecule has 4 rings (SSSR count). The number of amides is 1. The summed E-state index contributed by atoms with van der Waals surface area (Å²) in [5.74, 6) is 1.57. The van der Waals surface area contributed by atoms with Crippen molar-refractivity contribution in [3.8, 4) is 11.6 Å². The van der Waals surface area contributed by atoms with Crippen LogP contribution in [-0.4, -0.2) is 32.3 Å². The van der Waals surface area contributed by atoms with Crippen molar-refractivity contribution in [3.63, 3.8) is 0 Å². The molecule has 3 heterocycles. The lowest BCUT2D eigenvalue weighted by molar-refractivity contribution is 0.0697. The molecule has 1 fully saturated rings. The zero-order valence-corrected chi connectivity index (χ0v) is 16.3. The summed E-state index contributed by atoms with van der Waals surface area (Å²) in [7, 11) is 0. The first-order valence-electron chi connectivity index (χ1n) is 9.01. The maximum absolute atomic E-state index is 13.0. The molecule has 2 aromatic heterocycles.